The predicted octanol–water partition coefficient (Wildman–Crippen LogP) is 2.76. The summed E-state index contributed by atoms with van der Waals surface area (Å²) in [6.07, 6.45) is 3.62. The van der Waals surface area contributed by atoms with E-state index in [-0.39, 0.29) is 42.4 Å². The second-order valence-corrected chi connectivity index (χ2v) is 16.3. The third kappa shape index (κ3) is 11.9. The van der Waals surface area contributed by atoms with Crippen LogP contribution in [0.5, 0.6) is 0 Å². The molecule has 0 fully saturated rings. The second kappa shape index (κ2) is 19.5. The van der Waals surface area contributed by atoms with Gasteiger partial charge in [0.25, 0.3) is 0 Å². The Hall–Kier alpha value is -4.75. The van der Waals surface area contributed by atoms with Crippen molar-refractivity contribution in [2.75, 3.05) is 0 Å². The molecule has 1 aromatic carbocycles. The Kier molecular flexibility index (Phi) is 15.8. The Labute approximate surface area is 319 Å². The standard InChI is InChI=1S/C40H62N8O6/c1-20(2)16-29-37(51)47-34(24(9)10)40(54)48-33(23(7)8)39(53)45-31(21(3)4)19-41-25(11)35(49)46-32(22(5)6)38(52)44-30(36(50)43-29)17-26-18-42-28-15-13-12-14-27(26)28/h12-15,18-25,29-34,42H,16-17H2,1-11H3,(H,43,50)(H,44,52)(H,45,53)(H,46,49)(H,47,51)(H,48,54)/t25-,29+,30-,31+,32+,33+,34-/m0/s1. The van der Waals surface area contributed by atoms with Gasteiger partial charge >= 0.3 is 0 Å². The van der Waals surface area contributed by atoms with Gasteiger partial charge in [-0.3, -0.25) is 33.8 Å². The molecule has 0 spiro atoms. The lowest BCUT2D eigenvalue weighted by Crippen LogP contribution is -2.61. The zero-order chi connectivity index (χ0) is 40.4. The number of hydrogen-bond acceptors (Lipinski definition) is 7. The number of rotatable bonds is 8. The Balaban J connectivity index is 2.12. The van der Waals surface area contributed by atoms with Crippen molar-refractivity contribution in [2.24, 2.45) is 34.6 Å². The van der Waals surface area contributed by atoms with E-state index in [1.807, 2.05) is 52.0 Å². The predicted molar refractivity (Wildman–Crippen MR) is 210 cm³/mol. The number of aromatic nitrogens is 1. The van der Waals surface area contributed by atoms with Gasteiger partial charge in [-0.1, -0.05) is 87.4 Å². The first-order valence-electron chi connectivity index (χ1n) is 19.2. The summed E-state index contributed by atoms with van der Waals surface area (Å²) in [6.45, 7) is 19.9. The maximum Gasteiger partial charge on any atom is 0.245 e. The monoisotopic (exact) mass is 750 g/mol. The second-order valence-electron chi connectivity index (χ2n) is 16.3. The van der Waals surface area contributed by atoms with Gasteiger partial charge in [-0.2, -0.15) is 0 Å². The Morgan fingerprint density at radius 1 is 0.574 bits per heavy atom. The highest BCUT2D eigenvalue weighted by Crippen LogP contribution is 2.20. The molecule has 0 aliphatic carbocycles. The van der Waals surface area contributed by atoms with E-state index in [4.69, 9.17) is 0 Å². The van der Waals surface area contributed by atoms with Gasteiger partial charge in [-0.15, -0.1) is 0 Å². The summed E-state index contributed by atoms with van der Waals surface area (Å²) in [4.78, 5) is 90.8. The van der Waals surface area contributed by atoms with Crippen LogP contribution in [0.15, 0.2) is 35.5 Å². The number of amides is 6. The van der Waals surface area contributed by atoms with Gasteiger partial charge in [0.05, 0.1) is 6.04 Å². The lowest BCUT2D eigenvalue weighted by atomic mass is 9.97. The molecule has 0 radical (unpaired) electrons. The number of benzene rings is 1. The molecular formula is C40H62N8O6. The highest BCUT2D eigenvalue weighted by atomic mass is 16.2. The summed E-state index contributed by atoms with van der Waals surface area (Å²) in [5, 5.41) is 18.1. The summed E-state index contributed by atoms with van der Waals surface area (Å²) >= 11 is 0. The van der Waals surface area contributed by atoms with Crippen molar-refractivity contribution in [2.45, 2.75) is 131 Å². The fourth-order valence-corrected chi connectivity index (χ4v) is 6.26. The van der Waals surface area contributed by atoms with Gasteiger partial charge in [0.2, 0.25) is 35.4 Å². The molecule has 1 aliphatic rings. The average Bonchev–Trinajstić information content (AvgIpc) is 3.50. The number of aromatic amines is 1. The van der Waals surface area contributed by atoms with Crippen LogP contribution in [0.25, 0.3) is 10.9 Å². The van der Waals surface area contributed by atoms with Gasteiger partial charge in [0, 0.05) is 29.7 Å². The van der Waals surface area contributed by atoms with Crippen LogP contribution in [0.1, 0.15) is 88.1 Å². The number of carbonyl (C=O) groups excluding carboxylic acids is 6. The van der Waals surface area contributed by atoms with Gasteiger partial charge in [0.1, 0.15) is 36.3 Å². The van der Waals surface area contributed by atoms with E-state index in [9.17, 15) is 28.8 Å². The molecule has 0 unspecified atom stereocenters. The molecule has 14 nitrogen and oxygen atoms in total. The first-order valence-corrected chi connectivity index (χ1v) is 19.2. The number of para-hydroxylation sites is 1. The number of nitrogens with one attached hydrogen (secondary N) is 7. The topological polar surface area (TPSA) is 203 Å². The zero-order valence-electron chi connectivity index (χ0n) is 33.7. The van der Waals surface area contributed by atoms with Crippen LogP contribution in [-0.4, -0.2) is 88.9 Å². The SMILES string of the molecule is CC(C)C[C@H]1NC(=O)[C@H](Cc2c[nH]c3ccccc23)NC(=O)[C@@H](C(C)C)NC(=O)[C@H](C)N=C[C@H](C(C)C)NC(=O)[C@@H](C(C)C)NC(=O)[C@H](C(C)C)NC1=O. The van der Waals surface area contributed by atoms with Crippen molar-refractivity contribution in [3.05, 3.63) is 36.0 Å². The summed E-state index contributed by atoms with van der Waals surface area (Å²) < 4.78 is 0. The molecule has 0 bridgehead atoms. The van der Waals surface area contributed by atoms with Crippen LogP contribution in [-0.2, 0) is 35.2 Å². The van der Waals surface area contributed by atoms with Crippen molar-refractivity contribution < 1.29 is 28.8 Å². The van der Waals surface area contributed by atoms with Gasteiger partial charge in [-0.25, -0.2) is 0 Å². The van der Waals surface area contributed by atoms with Crippen LogP contribution in [0.2, 0.25) is 0 Å². The molecule has 1 aliphatic heterocycles. The molecular weight excluding hydrogens is 688 g/mol. The van der Waals surface area contributed by atoms with Gasteiger partial charge < -0.3 is 36.9 Å². The van der Waals surface area contributed by atoms with E-state index < -0.39 is 77.7 Å². The lowest BCUT2D eigenvalue weighted by molar-refractivity contribution is -0.136. The number of hydrogen-bond donors (Lipinski definition) is 7. The van der Waals surface area contributed by atoms with Gasteiger partial charge in [0.15, 0.2) is 0 Å². The fraction of sp³-hybridized carbons (Fsp3) is 0.625. The first kappa shape index (κ1) is 43.7. The number of aliphatic imine (C=N–C) groups is 1. The minimum atomic E-state index is -1.14. The van der Waals surface area contributed by atoms with E-state index in [0.717, 1.165) is 16.5 Å². The molecule has 6 amide bonds. The molecule has 7 N–H and O–H groups in total. The molecule has 3 rings (SSSR count). The Bertz CT molecular complexity index is 1660. The van der Waals surface area contributed by atoms with Crippen LogP contribution in [0, 0.1) is 29.6 Å². The number of carbonyl (C=O) groups is 6. The average molecular weight is 751 g/mol. The van der Waals surface area contributed by atoms with E-state index in [0.29, 0.717) is 0 Å². The third-order valence-electron chi connectivity index (χ3n) is 9.69. The van der Waals surface area contributed by atoms with E-state index in [1.165, 1.54) is 6.21 Å². The largest absolute Gasteiger partial charge is 0.361 e. The molecule has 2 heterocycles. The van der Waals surface area contributed by atoms with E-state index in [1.54, 1.807) is 54.7 Å². The Morgan fingerprint density at radius 3 is 1.61 bits per heavy atom. The molecule has 1 aromatic heterocycles. The molecule has 2 aromatic rings. The van der Waals surface area contributed by atoms with Crippen molar-refractivity contribution in [1.82, 2.24) is 36.9 Å². The minimum Gasteiger partial charge on any atom is -0.361 e. The van der Waals surface area contributed by atoms with Crippen molar-refractivity contribution in [1.29, 1.82) is 0 Å². The van der Waals surface area contributed by atoms with Crippen LogP contribution < -0.4 is 31.9 Å². The minimum absolute atomic E-state index is 0.0313. The Morgan fingerprint density at radius 2 is 1.06 bits per heavy atom. The van der Waals surface area contributed by atoms with Crippen molar-refractivity contribution in [3.63, 3.8) is 0 Å². The number of nitrogens with zero attached hydrogens (tertiary/aromatic N) is 1. The highest BCUT2D eigenvalue weighted by Gasteiger charge is 2.36. The fourth-order valence-electron chi connectivity index (χ4n) is 6.26. The van der Waals surface area contributed by atoms with Crippen molar-refractivity contribution in [3.8, 4) is 0 Å². The molecule has 0 saturated heterocycles. The summed E-state index contributed by atoms with van der Waals surface area (Å²) in [7, 11) is 0. The normalized spacial score (nSPS) is 26.0. The summed E-state index contributed by atoms with van der Waals surface area (Å²) in [5.41, 5.74) is 1.63. The molecule has 54 heavy (non-hydrogen) atoms. The molecule has 298 valence electrons. The lowest BCUT2D eigenvalue weighted by Gasteiger charge is -2.30. The first-order chi connectivity index (χ1) is 25.3. The number of fused-ring (bicyclic) bond motifs is 1. The quantitative estimate of drug-likeness (QED) is 0.216. The summed E-state index contributed by atoms with van der Waals surface area (Å²) in [5.74, 6) is -4.45. The van der Waals surface area contributed by atoms with Crippen LogP contribution >= 0.6 is 0 Å². The van der Waals surface area contributed by atoms with Crippen molar-refractivity contribution >= 4 is 52.6 Å². The van der Waals surface area contributed by atoms with E-state index in [2.05, 4.69) is 41.9 Å². The number of H-pyrrole nitrogens is 1. The maximum atomic E-state index is 14.2. The molecule has 0 saturated carbocycles. The van der Waals surface area contributed by atoms with Gasteiger partial charge in [-0.05, 0) is 54.6 Å². The smallest absolute Gasteiger partial charge is 0.245 e. The maximum absolute atomic E-state index is 14.2. The van der Waals surface area contributed by atoms with E-state index >= 15 is 0 Å². The summed E-state index contributed by atoms with van der Waals surface area (Å²) in [6, 6.07) is 0.906. The van der Waals surface area contributed by atoms with Crippen LogP contribution in [0.4, 0.5) is 0 Å². The van der Waals surface area contributed by atoms with Crippen LogP contribution in [0.3, 0.4) is 0 Å². The molecule has 14 heteroatoms. The molecule has 7 atom stereocenters. The highest BCUT2D eigenvalue weighted by molar-refractivity contribution is 5.98. The third-order valence-corrected chi connectivity index (χ3v) is 9.69. The zero-order valence-corrected chi connectivity index (χ0v) is 33.7.